The summed E-state index contributed by atoms with van der Waals surface area (Å²) in [6, 6.07) is 22.2. The maximum atomic E-state index is 9.93. The average Bonchev–Trinajstić information content (AvgIpc) is 3.53. The van der Waals surface area contributed by atoms with E-state index in [1.54, 1.807) is 0 Å². The second kappa shape index (κ2) is 14.6. The molecule has 0 N–H and O–H groups in total. The monoisotopic (exact) mass is 746 g/mol. The molecule has 0 bridgehead atoms. The second-order valence-electron chi connectivity index (χ2n) is 8.50. The van der Waals surface area contributed by atoms with Crippen LogP contribution >= 0.6 is 19.7 Å². The van der Waals surface area contributed by atoms with Gasteiger partial charge in [-0.05, 0) is 94.2 Å². The van der Waals surface area contributed by atoms with Gasteiger partial charge in [-0.3, -0.25) is 0 Å². The molecule has 2 aromatic rings. The Balaban J connectivity index is 0.000000336. The maximum absolute atomic E-state index is 11.2. The molecular formula is C26H33F6PRhSSb-. The largest absolute Gasteiger partial charge is 0 e. The van der Waals surface area contributed by atoms with Crippen LogP contribution in [-0.2, 0) is 19.5 Å². The smallest absolute Gasteiger partial charge is 0 e. The first-order chi connectivity index (χ1) is 16.3. The molecule has 10 heteroatoms. The zero-order chi connectivity index (χ0) is 26.0. The van der Waals surface area contributed by atoms with Gasteiger partial charge < -0.3 is 0 Å². The van der Waals surface area contributed by atoms with Crippen LogP contribution in [0.5, 0.6) is 0 Å². The van der Waals surface area contributed by atoms with Gasteiger partial charge in [0.1, 0.15) is 0 Å². The van der Waals surface area contributed by atoms with Crippen molar-refractivity contribution in [1.82, 2.24) is 0 Å². The van der Waals surface area contributed by atoms with Crippen LogP contribution in [0.2, 0.25) is 0 Å². The van der Waals surface area contributed by atoms with E-state index in [1.807, 2.05) is 11.8 Å². The summed E-state index contributed by atoms with van der Waals surface area (Å²) in [6.07, 6.45) is 17.6. The number of thioether (sulfide) groups is 1. The summed E-state index contributed by atoms with van der Waals surface area (Å²) < 4.78 is 59.6. The van der Waals surface area contributed by atoms with Crippen molar-refractivity contribution >= 4 is 49.8 Å². The summed E-state index contributed by atoms with van der Waals surface area (Å²) in [6.45, 7) is 2.39. The summed E-state index contributed by atoms with van der Waals surface area (Å²) in [5, 5.41) is 3.86. The van der Waals surface area contributed by atoms with E-state index >= 15 is 0 Å². The van der Waals surface area contributed by atoms with Crippen molar-refractivity contribution in [3.8, 4) is 0 Å². The van der Waals surface area contributed by atoms with E-state index in [0.717, 1.165) is 16.8 Å². The van der Waals surface area contributed by atoms with Crippen LogP contribution in [-0.4, -0.2) is 36.6 Å². The molecule has 5 radical (unpaired) electrons. The van der Waals surface area contributed by atoms with E-state index in [4.69, 9.17) is 0 Å². The van der Waals surface area contributed by atoms with Gasteiger partial charge in [-0.2, -0.15) is 11.8 Å². The zero-order valence-corrected chi connectivity index (χ0v) is 26.2. The van der Waals surface area contributed by atoms with Crippen molar-refractivity contribution in [3.05, 3.63) is 86.3 Å². The van der Waals surface area contributed by atoms with Crippen LogP contribution in [0, 0.1) is 31.6 Å². The van der Waals surface area contributed by atoms with Crippen molar-refractivity contribution in [2.75, 3.05) is 6.26 Å². The molecule has 0 amide bonds. The van der Waals surface area contributed by atoms with Crippen LogP contribution in [0.4, 0.5) is 16.9 Å². The molecular weight excluding hydrogens is 714 g/mol. The molecule has 0 spiro atoms. The first-order valence-corrected chi connectivity index (χ1v) is 20.0. The van der Waals surface area contributed by atoms with Crippen LogP contribution in [0.25, 0.3) is 0 Å². The molecule has 2 aromatic carbocycles. The van der Waals surface area contributed by atoms with Crippen molar-refractivity contribution in [3.63, 3.8) is 0 Å². The predicted molar refractivity (Wildman–Crippen MR) is 142 cm³/mol. The van der Waals surface area contributed by atoms with Gasteiger partial charge in [-0.15, -0.1) is 0 Å². The van der Waals surface area contributed by atoms with E-state index in [-0.39, 0.29) is 27.4 Å². The fourth-order valence-electron chi connectivity index (χ4n) is 3.74. The first kappa shape index (κ1) is 34.3. The average molecular weight is 747 g/mol. The summed E-state index contributed by atoms with van der Waals surface area (Å²) in [4.78, 5) is 0. The Labute approximate surface area is 233 Å². The molecule has 4 rings (SSSR count). The Morgan fingerprint density at radius 3 is 1.36 bits per heavy atom. The first-order valence-electron chi connectivity index (χ1n) is 11.5. The molecule has 0 aromatic heterocycles. The fraction of sp³-hybridized carbons (Fsp3) is 0.385. The number of hydrogen-bond acceptors (Lipinski definition) is 1. The van der Waals surface area contributed by atoms with Gasteiger partial charge in [0.15, 0.2) is 0 Å². The molecule has 0 nitrogen and oxygen atoms in total. The van der Waals surface area contributed by atoms with Crippen molar-refractivity contribution in [2.45, 2.75) is 49.9 Å². The summed E-state index contributed by atoms with van der Waals surface area (Å²) in [7, 11) is -0.190. The van der Waals surface area contributed by atoms with Crippen LogP contribution < -0.4 is 10.6 Å². The van der Waals surface area contributed by atoms with Gasteiger partial charge in [-0.1, -0.05) is 67.6 Å². The van der Waals surface area contributed by atoms with Crippen LogP contribution in [0.3, 0.4) is 0 Å². The minimum Gasteiger partial charge on any atom is 0 e. The molecule has 2 saturated carbocycles. The fourth-order valence-corrected chi connectivity index (χ4v) is 7.65. The number of hydrogen-bond donors (Lipinski definition) is 0. The van der Waals surface area contributed by atoms with E-state index in [2.05, 4.69) is 99.5 Å². The molecule has 36 heavy (non-hydrogen) atoms. The molecule has 205 valence electrons. The predicted octanol–water partition coefficient (Wildman–Crippen LogP) is 8.77. The third kappa shape index (κ3) is 16.3. The van der Waals surface area contributed by atoms with Crippen molar-refractivity contribution in [2.24, 2.45) is 5.92 Å². The Hall–Kier alpha value is 0.242. The maximum Gasteiger partial charge on any atom is 0 e. The SMILES string of the molecule is CS[C@H](C)[C@@H]1C[C@@H]1P(c1ccccc1)c1ccccc1.[CH]1[CH]CC[CH][CH]CC1.[F][Sb-]([F])([F])([F])([F])[F].[Rh]. The molecule has 3 atom stereocenters. The molecule has 0 heterocycles. The minimum absolute atomic E-state index is 0. The van der Waals surface area contributed by atoms with Crippen LogP contribution in [0.15, 0.2) is 60.7 Å². The summed E-state index contributed by atoms with van der Waals surface area (Å²) >= 11 is -9.23. The molecule has 0 saturated heterocycles. The molecule has 0 unspecified atom stereocenters. The Morgan fingerprint density at radius 1 is 0.722 bits per heavy atom. The third-order valence-corrected chi connectivity index (χ3v) is 9.57. The van der Waals surface area contributed by atoms with Gasteiger partial charge in [0.25, 0.3) is 0 Å². The van der Waals surface area contributed by atoms with Crippen molar-refractivity contribution in [1.29, 1.82) is 0 Å². The van der Waals surface area contributed by atoms with E-state index in [0.29, 0.717) is 0 Å². The molecule has 0 aliphatic heterocycles. The van der Waals surface area contributed by atoms with E-state index in [9.17, 15) is 16.9 Å². The van der Waals surface area contributed by atoms with E-state index in [1.165, 1.54) is 42.7 Å². The summed E-state index contributed by atoms with van der Waals surface area (Å²) in [5.74, 6) is 0.900. The van der Waals surface area contributed by atoms with E-state index < -0.39 is 19.5 Å². The Kier molecular flexibility index (Phi) is 13.9. The van der Waals surface area contributed by atoms with Gasteiger partial charge in [0.2, 0.25) is 0 Å². The quantitative estimate of drug-likeness (QED) is 0.168. The van der Waals surface area contributed by atoms with Gasteiger partial charge in [0, 0.05) is 24.7 Å². The normalized spacial score (nSPS) is 22.5. The van der Waals surface area contributed by atoms with Gasteiger partial charge in [0.05, 0.1) is 0 Å². The molecule has 2 aliphatic rings. The Morgan fingerprint density at radius 2 is 1.06 bits per heavy atom. The molecule has 2 aliphatic carbocycles. The minimum atomic E-state index is -11.2. The van der Waals surface area contributed by atoms with Crippen LogP contribution in [0.1, 0.15) is 39.0 Å². The molecule has 2 fully saturated rings. The van der Waals surface area contributed by atoms with Gasteiger partial charge in [-0.25, -0.2) is 0 Å². The number of halogens is 6. The third-order valence-electron chi connectivity index (χ3n) is 5.51. The standard InChI is InChI=1S/C18H21PS.C8H12.6FH.Rh.Sb/c1-14(20-2)17-13-18(17)19(15-9-5-3-6-10-15)16-11-7-4-8-12-16;1-2-4-6-8-7-5-3-1;;;;;;;;/h3-12,14,17-18H,13H2,1-2H3;1-2,7-8H,3-6H2;6*1H;;/q;;;;;;;;;+5/p-6/t14-,17+,18+;;;;;;;;;/m1........./s1. The second-order valence-corrected chi connectivity index (χ2v) is 17.6. The van der Waals surface area contributed by atoms with Crippen molar-refractivity contribution < 1.29 is 36.4 Å². The van der Waals surface area contributed by atoms with Gasteiger partial charge >= 0.3 is 36.4 Å². The number of benzene rings is 2. The zero-order valence-electron chi connectivity index (χ0n) is 20.3. The number of rotatable bonds is 5. The summed E-state index contributed by atoms with van der Waals surface area (Å²) in [5.41, 5.74) is 0.872. The topological polar surface area (TPSA) is 0 Å². The Bertz CT molecular complexity index is 796.